The van der Waals surface area contributed by atoms with E-state index in [2.05, 4.69) is 20.5 Å². The monoisotopic (exact) mass is 624 g/mol. The lowest BCUT2D eigenvalue weighted by Crippen LogP contribution is -2.08. The molecular weight excluding hydrogens is 596 g/mol. The minimum atomic E-state index is -0.490. The SMILES string of the molecule is O=C(CCCCCCC(=O)Oc1ccc(N=Nc2ccc([N+](=O)[O-])cc2)cc1)Oc1ccc(N=Nc2ccc([N+](=O)[O-])cc2)cc1. The van der Waals surface area contributed by atoms with Crippen molar-refractivity contribution < 1.29 is 28.9 Å². The molecule has 0 spiro atoms. The number of azo groups is 2. The Hall–Kier alpha value is -6.18. The molecule has 0 aromatic heterocycles. The predicted molar refractivity (Wildman–Crippen MR) is 166 cm³/mol. The first-order chi connectivity index (χ1) is 22.2. The normalized spacial score (nSPS) is 11.0. The second kappa shape index (κ2) is 16.6. The summed E-state index contributed by atoms with van der Waals surface area (Å²) in [5.74, 6) is 0.0241. The second-order valence-corrected chi connectivity index (χ2v) is 9.80. The van der Waals surface area contributed by atoms with Crippen LogP contribution in [-0.4, -0.2) is 21.8 Å². The Bertz CT molecular complexity index is 1580. The van der Waals surface area contributed by atoms with Crippen molar-refractivity contribution >= 4 is 46.1 Å². The van der Waals surface area contributed by atoms with Crippen LogP contribution in [0.25, 0.3) is 0 Å². The summed E-state index contributed by atoms with van der Waals surface area (Å²) in [6, 6.07) is 24.3. The van der Waals surface area contributed by atoms with Crippen LogP contribution in [0.3, 0.4) is 0 Å². The van der Waals surface area contributed by atoms with E-state index in [0.717, 1.165) is 12.8 Å². The molecular formula is C32H28N6O8. The van der Waals surface area contributed by atoms with Gasteiger partial charge in [0.25, 0.3) is 11.4 Å². The summed E-state index contributed by atoms with van der Waals surface area (Å²) in [6.07, 6.45) is 3.20. The average molecular weight is 625 g/mol. The predicted octanol–water partition coefficient (Wildman–Crippen LogP) is 9.19. The molecule has 46 heavy (non-hydrogen) atoms. The van der Waals surface area contributed by atoms with Gasteiger partial charge in [-0.1, -0.05) is 12.8 Å². The van der Waals surface area contributed by atoms with Gasteiger partial charge >= 0.3 is 11.9 Å². The van der Waals surface area contributed by atoms with Crippen LogP contribution in [0.2, 0.25) is 0 Å². The molecule has 4 rings (SSSR count). The van der Waals surface area contributed by atoms with Crippen LogP contribution < -0.4 is 9.47 Å². The molecule has 4 aromatic carbocycles. The smallest absolute Gasteiger partial charge is 0.311 e. The Kier molecular flexibility index (Phi) is 11.8. The first-order valence-corrected chi connectivity index (χ1v) is 14.2. The molecule has 0 radical (unpaired) electrons. The fourth-order valence-corrected chi connectivity index (χ4v) is 3.93. The number of esters is 2. The molecule has 0 aliphatic carbocycles. The van der Waals surface area contributed by atoms with Crippen LogP contribution in [0, 0.1) is 20.2 Å². The summed E-state index contributed by atoms with van der Waals surface area (Å²) in [5.41, 5.74) is 1.92. The number of hydrogen-bond acceptors (Lipinski definition) is 12. The van der Waals surface area contributed by atoms with Crippen molar-refractivity contribution in [2.45, 2.75) is 38.5 Å². The third-order valence-corrected chi connectivity index (χ3v) is 6.33. The molecule has 4 aromatic rings. The Morgan fingerprint density at radius 2 is 0.761 bits per heavy atom. The van der Waals surface area contributed by atoms with E-state index in [9.17, 15) is 29.8 Å². The highest BCUT2D eigenvalue weighted by molar-refractivity contribution is 5.73. The van der Waals surface area contributed by atoms with Crippen LogP contribution in [-0.2, 0) is 9.59 Å². The van der Waals surface area contributed by atoms with Gasteiger partial charge in [0.15, 0.2) is 0 Å². The fraction of sp³-hybridized carbons (Fsp3) is 0.188. The molecule has 0 saturated carbocycles. The molecule has 0 amide bonds. The highest BCUT2D eigenvalue weighted by Gasteiger charge is 2.08. The Morgan fingerprint density at radius 3 is 1.04 bits per heavy atom. The maximum atomic E-state index is 12.2. The first kappa shape index (κ1) is 32.7. The van der Waals surface area contributed by atoms with E-state index < -0.39 is 9.85 Å². The zero-order valence-electron chi connectivity index (χ0n) is 24.4. The van der Waals surface area contributed by atoms with Gasteiger partial charge in [-0.05, 0) is 85.6 Å². The number of unbranched alkanes of at least 4 members (excludes halogenated alkanes) is 3. The Balaban J connectivity index is 1.08. The number of hydrogen-bond donors (Lipinski definition) is 0. The molecule has 0 N–H and O–H groups in total. The molecule has 14 heteroatoms. The van der Waals surface area contributed by atoms with Gasteiger partial charge in [0.2, 0.25) is 0 Å². The molecule has 0 unspecified atom stereocenters. The van der Waals surface area contributed by atoms with E-state index in [-0.39, 0.29) is 36.2 Å². The minimum absolute atomic E-state index is 0.0311. The van der Waals surface area contributed by atoms with E-state index in [0.29, 0.717) is 47.1 Å². The summed E-state index contributed by atoms with van der Waals surface area (Å²) in [6.45, 7) is 0. The van der Waals surface area contributed by atoms with Gasteiger partial charge < -0.3 is 9.47 Å². The number of nitro benzene ring substituents is 2. The quantitative estimate of drug-likeness (QED) is 0.0312. The van der Waals surface area contributed by atoms with E-state index in [1.807, 2.05) is 0 Å². The summed E-state index contributed by atoms with van der Waals surface area (Å²) in [5, 5.41) is 37.7. The van der Waals surface area contributed by atoms with Crippen molar-refractivity contribution in [1.82, 2.24) is 0 Å². The van der Waals surface area contributed by atoms with Gasteiger partial charge in [0, 0.05) is 37.1 Å². The number of ether oxygens (including phenoxy) is 2. The van der Waals surface area contributed by atoms with Crippen molar-refractivity contribution in [3.05, 3.63) is 117 Å². The number of non-ortho nitro benzene ring substituents is 2. The molecule has 0 heterocycles. The van der Waals surface area contributed by atoms with Crippen molar-refractivity contribution in [3.8, 4) is 11.5 Å². The fourth-order valence-electron chi connectivity index (χ4n) is 3.93. The molecule has 0 bridgehead atoms. The van der Waals surface area contributed by atoms with Crippen molar-refractivity contribution in [1.29, 1.82) is 0 Å². The highest BCUT2D eigenvalue weighted by Crippen LogP contribution is 2.25. The maximum Gasteiger partial charge on any atom is 0.311 e. The topological polar surface area (TPSA) is 188 Å². The summed E-state index contributed by atoms with van der Waals surface area (Å²) in [7, 11) is 0. The van der Waals surface area contributed by atoms with Gasteiger partial charge in [-0.2, -0.15) is 20.5 Å². The molecule has 0 atom stereocenters. The standard InChI is InChI=1S/C32H28N6O8/c39-31(45-29-19-11-25(12-20-29)35-33-23-7-15-27(16-8-23)37(41)42)5-3-1-2-4-6-32(40)46-30-21-13-26(14-22-30)36-34-24-9-17-28(18-10-24)38(43)44/h7-22H,1-6H2. The number of nitro groups is 2. The van der Waals surface area contributed by atoms with Crippen molar-refractivity contribution in [2.75, 3.05) is 0 Å². The molecule has 234 valence electrons. The lowest BCUT2D eigenvalue weighted by atomic mass is 10.1. The van der Waals surface area contributed by atoms with Crippen LogP contribution in [0.5, 0.6) is 11.5 Å². The number of carbonyl (C=O) groups excluding carboxylic acids is 2. The Morgan fingerprint density at radius 1 is 0.478 bits per heavy atom. The number of benzene rings is 4. The first-order valence-electron chi connectivity index (χ1n) is 14.2. The molecule has 0 aliphatic rings. The summed E-state index contributed by atoms with van der Waals surface area (Å²) < 4.78 is 10.7. The third-order valence-electron chi connectivity index (χ3n) is 6.33. The van der Waals surface area contributed by atoms with Crippen molar-refractivity contribution in [3.63, 3.8) is 0 Å². The zero-order valence-corrected chi connectivity index (χ0v) is 24.4. The molecule has 0 fully saturated rings. The number of rotatable bonds is 15. The van der Waals surface area contributed by atoms with Gasteiger partial charge in [-0.25, -0.2) is 0 Å². The van der Waals surface area contributed by atoms with Crippen LogP contribution in [0.15, 0.2) is 118 Å². The maximum absolute atomic E-state index is 12.2. The van der Waals surface area contributed by atoms with Crippen LogP contribution in [0.1, 0.15) is 38.5 Å². The molecule has 14 nitrogen and oxygen atoms in total. The van der Waals surface area contributed by atoms with Gasteiger partial charge in [-0.15, -0.1) is 0 Å². The Labute approximate surface area is 262 Å². The van der Waals surface area contributed by atoms with E-state index in [1.165, 1.54) is 48.5 Å². The zero-order chi connectivity index (χ0) is 32.7. The van der Waals surface area contributed by atoms with Gasteiger partial charge in [0.05, 0.1) is 32.6 Å². The third kappa shape index (κ3) is 10.8. The summed E-state index contributed by atoms with van der Waals surface area (Å²) in [4.78, 5) is 44.8. The average Bonchev–Trinajstić information content (AvgIpc) is 3.06. The largest absolute Gasteiger partial charge is 0.427 e. The van der Waals surface area contributed by atoms with Crippen molar-refractivity contribution in [2.24, 2.45) is 20.5 Å². The van der Waals surface area contributed by atoms with Gasteiger partial charge in [-0.3, -0.25) is 29.8 Å². The van der Waals surface area contributed by atoms with E-state index in [4.69, 9.17) is 9.47 Å². The van der Waals surface area contributed by atoms with Gasteiger partial charge in [0.1, 0.15) is 11.5 Å². The lowest BCUT2D eigenvalue weighted by Gasteiger charge is -2.06. The minimum Gasteiger partial charge on any atom is -0.427 e. The van der Waals surface area contributed by atoms with E-state index in [1.54, 1.807) is 48.5 Å². The van der Waals surface area contributed by atoms with E-state index >= 15 is 0 Å². The molecule has 0 aliphatic heterocycles. The number of nitrogens with zero attached hydrogens (tertiary/aromatic N) is 6. The van der Waals surface area contributed by atoms with Crippen LogP contribution in [0.4, 0.5) is 34.1 Å². The highest BCUT2D eigenvalue weighted by atomic mass is 16.6. The second-order valence-electron chi connectivity index (χ2n) is 9.80. The number of carbonyl (C=O) groups is 2. The lowest BCUT2D eigenvalue weighted by molar-refractivity contribution is -0.385. The molecule has 0 saturated heterocycles. The summed E-state index contributed by atoms with van der Waals surface area (Å²) >= 11 is 0. The van der Waals surface area contributed by atoms with Crippen LogP contribution >= 0.6 is 0 Å².